The molecule has 0 aliphatic carbocycles. The number of hydrogen-bond donors (Lipinski definition) is 2. The normalized spacial score (nSPS) is 13.8. The van der Waals surface area contributed by atoms with Crippen LogP contribution in [-0.2, 0) is 10.0 Å². The zero-order valence-electron chi connectivity index (χ0n) is 9.07. The van der Waals surface area contributed by atoms with Crippen LogP contribution in [0.2, 0.25) is 0 Å². The van der Waals surface area contributed by atoms with E-state index in [1.54, 1.807) is 6.92 Å². The van der Waals surface area contributed by atoms with Gasteiger partial charge in [-0.15, -0.1) is 0 Å². The van der Waals surface area contributed by atoms with E-state index in [1.165, 1.54) is 19.1 Å². The number of aliphatic hydroxyl groups is 1. The largest absolute Gasteiger partial charge is 0.392 e. The van der Waals surface area contributed by atoms with Gasteiger partial charge in [0, 0.05) is 6.54 Å². The predicted octanol–water partition coefficient (Wildman–Crippen LogP) is 0.793. The number of aliphatic hydroxyl groups excluding tert-OH is 1. The Morgan fingerprint density at radius 2 is 2.12 bits per heavy atom. The van der Waals surface area contributed by atoms with Gasteiger partial charge in [0.1, 0.15) is 10.7 Å². The van der Waals surface area contributed by atoms with Gasteiger partial charge in [0.25, 0.3) is 0 Å². The van der Waals surface area contributed by atoms with Gasteiger partial charge in [0.15, 0.2) is 0 Å². The van der Waals surface area contributed by atoms with Crippen LogP contribution in [0.15, 0.2) is 23.1 Å². The molecule has 0 amide bonds. The van der Waals surface area contributed by atoms with Crippen LogP contribution in [0.3, 0.4) is 0 Å². The van der Waals surface area contributed by atoms with Gasteiger partial charge in [-0.2, -0.15) is 0 Å². The number of sulfonamides is 1. The zero-order chi connectivity index (χ0) is 12.3. The van der Waals surface area contributed by atoms with Gasteiger partial charge in [-0.3, -0.25) is 0 Å². The Hall–Kier alpha value is -0.980. The van der Waals surface area contributed by atoms with Crippen molar-refractivity contribution in [2.24, 2.45) is 0 Å². The summed E-state index contributed by atoms with van der Waals surface area (Å²) in [6.45, 7) is 2.96. The van der Waals surface area contributed by atoms with E-state index in [1.807, 2.05) is 0 Å². The average Bonchev–Trinajstić information content (AvgIpc) is 2.14. The van der Waals surface area contributed by atoms with E-state index in [4.69, 9.17) is 5.11 Å². The molecule has 0 heterocycles. The molecule has 1 aromatic carbocycles. The van der Waals surface area contributed by atoms with Crippen molar-refractivity contribution in [1.29, 1.82) is 0 Å². The summed E-state index contributed by atoms with van der Waals surface area (Å²) < 4.78 is 38.7. The topological polar surface area (TPSA) is 66.4 Å². The quantitative estimate of drug-likeness (QED) is 0.826. The number of rotatable bonds is 4. The molecule has 0 aliphatic rings. The maximum Gasteiger partial charge on any atom is 0.243 e. The highest BCUT2D eigenvalue weighted by Crippen LogP contribution is 2.15. The van der Waals surface area contributed by atoms with Crippen LogP contribution >= 0.6 is 0 Å². The van der Waals surface area contributed by atoms with Crippen molar-refractivity contribution in [3.05, 3.63) is 29.6 Å². The first-order valence-corrected chi connectivity index (χ1v) is 6.25. The van der Waals surface area contributed by atoms with E-state index in [9.17, 15) is 12.8 Å². The third-order valence-corrected chi connectivity index (χ3v) is 3.40. The second kappa shape index (κ2) is 4.90. The molecule has 1 unspecified atom stereocenters. The lowest BCUT2D eigenvalue weighted by Gasteiger charge is -2.09. The molecule has 4 nitrogen and oxygen atoms in total. The van der Waals surface area contributed by atoms with Crippen LogP contribution < -0.4 is 4.72 Å². The van der Waals surface area contributed by atoms with Crippen molar-refractivity contribution in [3.8, 4) is 0 Å². The number of halogens is 1. The lowest BCUT2D eigenvalue weighted by molar-refractivity contribution is 0.198. The fraction of sp³-hybridized carbons (Fsp3) is 0.400. The number of hydrogen-bond acceptors (Lipinski definition) is 3. The van der Waals surface area contributed by atoms with Gasteiger partial charge in [0.05, 0.1) is 6.10 Å². The lowest BCUT2D eigenvalue weighted by Crippen LogP contribution is -2.31. The zero-order valence-corrected chi connectivity index (χ0v) is 9.88. The minimum Gasteiger partial charge on any atom is -0.392 e. The molecule has 0 aliphatic heterocycles. The summed E-state index contributed by atoms with van der Waals surface area (Å²) in [5.41, 5.74) is 0.645. The minimum absolute atomic E-state index is 0.143. The molecule has 0 radical (unpaired) electrons. The van der Waals surface area contributed by atoms with E-state index < -0.39 is 26.8 Å². The Morgan fingerprint density at radius 1 is 1.50 bits per heavy atom. The highest BCUT2D eigenvalue weighted by atomic mass is 32.2. The van der Waals surface area contributed by atoms with Crippen LogP contribution in [0, 0.1) is 12.7 Å². The second-order valence-corrected chi connectivity index (χ2v) is 5.37. The number of benzene rings is 1. The average molecular weight is 247 g/mol. The Balaban J connectivity index is 2.99. The fourth-order valence-electron chi connectivity index (χ4n) is 1.13. The lowest BCUT2D eigenvalue weighted by atomic mass is 10.2. The standard InChI is InChI=1S/C10H14FNO3S/c1-7-3-4-10(9(11)5-7)16(14,15)12-6-8(2)13/h3-5,8,12-13H,6H2,1-2H3. The molecule has 2 N–H and O–H groups in total. The molecule has 1 rings (SSSR count). The molecule has 1 aromatic rings. The van der Waals surface area contributed by atoms with E-state index in [2.05, 4.69) is 4.72 Å². The van der Waals surface area contributed by atoms with Gasteiger partial charge in [-0.05, 0) is 31.5 Å². The first kappa shape index (κ1) is 13.1. The molecule has 0 aromatic heterocycles. The number of aryl methyl sites for hydroxylation is 1. The minimum atomic E-state index is -3.89. The molecule has 6 heteroatoms. The van der Waals surface area contributed by atoms with Crippen molar-refractivity contribution in [1.82, 2.24) is 4.72 Å². The van der Waals surface area contributed by atoms with E-state index in [0.29, 0.717) is 5.56 Å². The van der Waals surface area contributed by atoms with Gasteiger partial charge in [0.2, 0.25) is 10.0 Å². The van der Waals surface area contributed by atoms with Crippen molar-refractivity contribution in [2.45, 2.75) is 24.8 Å². The third-order valence-electron chi connectivity index (χ3n) is 1.95. The molecular weight excluding hydrogens is 233 g/mol. The predicted molar refractivity (Wildman–Crippen MR) is 58.0 cm³/mol. The van der Waals surface area contributed by atoms with Crippen molar-refractivity contribution >= 4 is 10.0 Å². The summed E-state index contributed by atoms with van der Waals surface area (Å²) in [7, 11) is -3.89. The molecular formula is C10H14FNO3S. The third kappa shape index (κ3) is 3.26. The van der Waals surface area contributed by atoms with Crippen molar-refractivity contribution < 1.29 is 17.9 Å². The monoisotopic (exact) mass is 247 g/mol. The highest BCUT2D eigenvalue weighted by molar-refractivity contribution is 7.89. The Bertz CT molecular complexity index is 471. The summed E-state index contributed by atoms with van der Waals surface area (Å²) in [5, 5.41) is 8.96. The molecule has 0 saturated carbocycles. The summed E-state index contributed by atoms with van der Waals surface area (Å²) in [4.78, 5) is -0.404. The van der Waals surface area contributed by atoms with Crippen molar-refractivity contribution in [2.75, 3.05) is 6.54 Å². The van der Waals surface area contributed by atoms with Crippen LogP contribution in [0.25, 0.3) is 0 Å². The summed E-state index contributed by atoms with van der Waals surface area (Å²) in [5.74, 6) is -0.793. The summed E-state index contributed by atoms with van der Waals surface area (Å²) in [6, 6.07) is 3.87. The Kier molecular flexibility index (Phi) is 4.01. The molecule has 1 atom stereocenters. The fourth-order valence-corrected chi connectivity index (χ4v) is 2.31. The first-order valence-electron chi connectivity index (χ1n) is 4.77. The van der Waals surface area contributed by atoms with Gasteiger partial charge in [-0.25, -0.2) is 17.5 Å². The molecule has 0 bridgehead atoms. The molecule has 0 spiro atoms. The SMILES string of the molecule is Cc1ccc(S(=O)(=O)NCC(C)O)c(F)c1. The number of nitrogens with one attached hydrogen (secondary N) is 1. The molecule has 16 heavy (non-hydrogen) atoms. The maximum atomic E-state index is 13.4. The van der Waals surface area contributed by atoms with Gasteiger partial charge < -0.3 is 5.11 Å². The second-order valence-electron chi connectivity index (χ2n) is 3.63. The van der Waals surface area contributed by atoms with Crippen LogP contribution in [0.5, 0.6) is 0 Å². The summed E-state index contributed by atoms with van der Waals surface area (Å²) >= 11 is 0. The van der Waals surface area contributed by atoms with Crippen molar-refractivity contribution in [3.63, 3.8) is 0 Å². The maximum absolute atomic E-state index is 13.4. The summed E-state index contributed by atoms with van der Waals surface area (Å²) in [6.07, 6.45) is -0.816. The highest BCUT2D eigenvalue weighted by Gasteiger charge is 2.18. The van der Waals surface area contributed by atoms with E-state index >= 15 is 0 Å². The smallest absolute Gasteiger partial charge is 0.243 e. The van der Waals surface area contributed by atoms with Crippen LogP contribution in [-0.4, -0.2) is 26.2 Å². The Morgan fingerprint density at radius 3 is 2.62 bits per heavy atom. The van der Waals surface area contributed by atoms with Gasteiger partial charge >= 0.3 is 0 Å². The van der Waals surface area contributed by atoms with Gasteiger partial charge in [-0.1, -0.05) is 6.07 Å². The molecule has 0 fully saturated rings. The van der Waals surface area contributed by atoms with E-state index in [0.717, 1.165) is 6.07 Å². The Labute approximate surface area is 94.2 Å². The van der Waals surface area contributed by atoms with Crippen LogP contribution in [0.1, 0.15) is 12.5 Å². The molecule has 90 valence electrons. The first-order chi connectivity index (χ1) is 7.33. The molecule has 0 saturated heterocycles. The van der Waals surface area contributed by atoms with E-state index in [-0.39, 0.29) is 6.54 Å². The van der Waals surface area contributed by atoms with Crippen LogP contribution in [0.4, 0.5) is 4.39 Å².